The van der Waals surface area contributed by atoms with Crippen molar-refractivity contribution in [1.82, 2.24) is 0 Å². The summed E-state index contributed by atoms with van der Waals surface area (Å²) in [4.78, 5) is 0. The fourth-order valence-corrected chi connectivity index (χ4v) is 4.03. The topological polar surface area (TPSA) is 0 Å². The lowest BCUT2D eigenvalue weighted by molar-refractivity contribution is 0.445. The molecule has 34 heavy (non-hydrogen) atoms. The largest absolute Gasteiger partial charge is 0.204 e. The second kappa shape index (κ2) is 10.2. The van der Waals surface area contributed by atoms with Gasteiger partial charge in [-0.1, -0.05) is 74.0 Å². The lowest BCUT2D eigenvalue weighted by Crippen LogP contribution is -2.01. The monoisotopic (exact) mass is 466 g/mol. The van der Waals surface area contributed by atoms with Gasteiger partial charge in [0.2, 0.25) is 0 Å². The normalized spacial score (nSPS) is 11.1. The molecule has 5 heteroatoms. The van der Waals surface area contributed by atoms with E-state index < -0.39 is 29.1 Å². The van der Waals surface area contributed by atoms with Crippen molar-refractivity contribution in [3.8, 4) is 22.3 Å². The lowest BCUT2D eigenvalue weighted by Gasteiger charge is -2.10. The molecule has 0 amide bonds. The average Bonchev–Trinajstić information content (AvgIpc) is 2.84. The third-order valence-corrected chi connectivity index (χ3v) is 5.91. The maximum Gasteiger partial charge on any atom is 0.194 e. The first-order valence-electron chi connectivity index (χ1n) is 11.2. The summed E-state index contributed by atoms with van der Waals surface area (Å²) >= 11 is 0. The van der Waals surface area contributed by atoms with Crippen LogP contribution < -0.4 is 0 Å². The predicted octanol–water partition coefficient (Wildman–Crippen LogP) is 8.45. The van der Waals surface area contributed by atoms with Gasteiger partial charge >= 0.3 is 0 Å². The van der Waals surface area contributed by atoms with Crippen LogP contribution >= 0.6 is 0 Å². The molecule has 0 aromatic heterocycles. The fraction of sp³-hybridized carbons (Fsp3) is 0.172. The van der Waals surface area contributed by atoms with Crippen LogP contribution in [0.15, 0.2) is 72.8 Å². The summed E-state index contributed by atoms with van der Waals surface area (Å²) in [6.45, 7) is 2.13. The Morgan fingerprint density at radius 3 is 1.65 bits per heavy atom. The third-order valence-electron chi connectivity index (χ3n) is 5.91. The molecule has 0 fully saturated rings. The molecular weight excluding hydrogens is 443 g/mol. The van der Waals surface area contributed by atoms with Crippen LogP contribution in [0.1, 0.15) is 30.0 Å². The minimum atomic E-state index is -1.55. The summed E-state index contributed by atoms with van der Waals surface area (Å²) in [7, 11) is 0. The Hall–Kier alpha value is -3.47. The highest BCUT2D eigenvalue weighted by molar-refractivity contribution is 5.71. The number of hydrogen-bond acceptors (Lipinski definition) is 0. The van der Waals surface area contributed by atoms with Gasteiger partial charge in [0.15, 0.2) is 29.1 Å². The smallest absolute Gasteiger partial charge is 0.194 e. The Bertz CT molecular complexity index is 1270. The standard InChI is InChI=1S/C29H23F5/c1-2-3-18-4-7-20(8-5-18)21-10-12-22(13-11-21)24-15-14-23(27(32)28(24)33)9-6-19-16-25(30)29(34)26(31)17-19/h4-5,7-8,10-17H,2-3,6,9H2,1H3. The molecule has 0 atom stereocenters. The van der Waals surface area contributed by atoms with E-state index in [2.05, 4.69) is 19.1 Å². The van der Waals surface area contributed by atoms with E-state index in [9.17, 15) is 22.0 Å². The Morgan fingerprint density at radius 2 is 1.06 bits per heavy atom. The molecule has 0 nitrogen and oxygen atoms in total. The molecule has 0 bridgehead atoms. The summed E-state index contributed by atoms with van der Waals surface area (Å²) in [5, 5.41) is 0. The van der Waals surface area contributed by atoms with Crippen LogP contribution in [0.25, 0.3) is 22.3 Å². The van der Waals surface area contributed by atoms with Gasteiger partial charge in [0.1, 0.15) is 0 Å². The zero-order chi connectivity index (χ0) is 24.2. The van der Waals surface area contributed by atoms with Crippen LogP contribution in [0.4, 0.5) is 22.0 Å². The van der Waals surface area contributed by atoms with E-state index in [1.54, 1.807) is 12.1 Å². The SMILES string of the molecule is CCCc1ccc(-c2ccc(-c3ccc(CCc4cc(F)c(F)c(F)c4)c(F)c3F)cc2)cc1. The van der Waals surface area contributed by atoms with E-state index in [1.807, 2.05) is 24.3 Å². The first kappa shape index (κ1) is 23.7. The van der Waals surface area contributed by atoms with E-state index in [-0.39, 0.29) is 29.5 Å². The molecule has 174 valence electrons. The zero-order valence-electron chi connectivity index (χ0n) is 18.6. The molecule has 0 saturated carbocycles. The molecule has 4 aromatic carbocycles. The van der Waals surface area contributed by atoms with Crippen molar-refractivity contribution in [3.63, 3.8) is 0 Å². The van der Waals surface area contributed by atoms with Gasteiger partial charge in [-0.05, 0) is 64.8 Å². The molecule has 0 aliphatic carbocycles. The second-order valence-corrected chi connectivity index (χ2v) is 8.30. The first-order valence-corrected chi connectivity index (χ1v) is 11.2. The fourth-order valence-electron chi connectivity index (χ4n) is 4.03. The average molecular weight is 466 g/mol. The van der Waals surface area contributed by atoms with Crippen LogP contribution in [0.3, 0.4) is 0 Å². The maximum absolute atomic E-state index is 14.9. The summed E-state index contributed by atoms with van der Waals surface area (Å²) in [6, 6.07) is 20.2. The van der Waals surface area contributed by atoms with E-state index >= 15 is 0 Å². The summed E-state index contributed by atoms with van der Waals surface area (Å²) < 4.78 is 69.5. The number of hydrogen-bond donors (Lipinski definition) is 0. The number of benzene rings is 4. The van der Waals surface area contributed by atoms with Crippen LogP contribution in [0.5, 0.6) is 0 Å². The van der Waals surface area contributed by atoms with Gasteiger partial charge < -0.3 is 0 Å². The highest BCUT2D eigenvalue weighted by atomic mass is 19.2. The molecule has 0 aliphatic rings. The molecule has 0 saturated heterocycles. The summed E-state index contributed by atoms with van der Waals surface area (Å²) in [5.74, 6) is -6.15. The molecule has 0 spiro atoms. The molecule has 4 rings (SSSR count). The van der Waals surface area contributed by atoms with E-state index in [0.29, 0.717) is 5.56 Å². The minimum absolute atomic E-state index is 0.0144. The van der Waals surface area contributed by atoms with Crippen molar-refractivity contribution in [2.24, 2.45) is 0 Å². The first-order chi connectivity index (χ1) is 16.4. The van der Waals surface area contributed by atoms with Crippen LogP contribution in [0.2, 0.25) is 0 Å². The Labute approximate surface area is 195 Å². The molecule has 0 aliphatic heterocycles. The van der Waals surface area contributed by atoms with Gasteiger partial charge in [-0.15, -0.1) is 0 Å². The van der Waals surface area contributed by atoms with E-state index in [4.69, 9.17) is 0 Å². The van der Waals surface area contributed by atoms with Crippen molar-refractivity contribution in [2.75, 3.05) is 0 Å². The number of halogens is 5. The molecule has 0 unspecified atom stereocenters. The van der Waals surface area contributed by atoms with Crippen LogP contribution in [-0.2, 0) is 19.3 Å². The van der Waals surface area contributed by atoms with Crippen LogP contribution in [-0.4, -0.2) is 0 Å². The van der Waals surface area contributed by atoms with Gasteiger partial charge in [0, 0.05) is 5.56 Å². The lowest BCUT2D eigenvalue weighted by atomic mass is 9.96. The van der Waals surface area contributed by atoms with Gasteiger partial charge in [0.25, 0.3) is 0 Å². The van der Waals surface area contributed by atoms with Gasteiger partial charge in [-0.3, -0.25) is 0 Å². The Balaban J connectivity index is 1.51. The van der Waals surface area contributed by atoms with Gasteiger partial charge in [-0.25, -0.2) is 22.0 Å². The maximum atomic E-state index is 14.9. The number of rotatable bonds is 7. The quantitative estimate of drug-likeness (QED) is 0.189. The highest BCUT2D eigenvalue weighted by Gasteiger charge is 2.16. The Morgan fingerprint density at radius 1 is 0.500 bits per heavy atom. The van der Waals surface area contributed by atoms with Crippen molar-refractivity contribution in [3.05, 3.63) is 119 Å². The van der Waals surface area contributed by atoms with E-state index in [1.165, 1.54) is 17.7 Å². The second-order valence-electron chi connectivity index (χ2n) is 8.30. The molecule has 0 radical (unpaired) electrons. The highest BCUT2D eigenvalue weighted by Crippen LogP contribution is 2.30. The third kappa shape index (κ3) is 5.04. The Kier molecular flexibility index (Phi) is 7.11. The van der Waals surface area contributed by atoms with Gasteiger partial charge in [0.05, 0.1) is 0 Å². The van der Waals surface area contributed by atoms with E-state index in [0.717, 1.165) is 36.1 Å². The van der Waals surface area contributed by atoms with Crippen molar-refractivity contribution < 1.29 is 22.0 Å². The van der Waals surface area contributed by atoms with Crippen LogP contribution in [0, 0.1) is 29.1 Å². The van der Waals surface area contributed by atoms with Crippen molar-refractivity contribution >= 4 is 0 Å². The minimum Gasteiger partial charge on any atom is -0.204 e. The molecule has 4 aromatic rings. The molecule has 0 heterocycles. The number of aryl methyl sites for hydroxylation is 3. The van der Waals surface area contributed by atoms with Crippen molar-refractivity contribution in [2.45, 2.75) is 32.6 Å². The predicted molar refractivity (Wildman–Crippen MR) is 125 cm³/mol. The van der Waals surface area contributed by atoms with Gasteiger partial charge in [-0.2, -0.15) is 0 Å². The summed E-state index contributed by atoms with van der Waals surface area (Å²) in [6.07, 6.45) is 2.16. The van der Waals surface area contributed by atoms with Crippen molar-refractivity contribution in [1.29, 1.82) is 0 Å². The molecular formula is C29H23F5. The molecule has 0 N–H and O–H groups in total. The zero-order valence-corrected chi connectivity index (χ0v) is 18.6. The summed E-state index contributed by atoms with van der Waals surface area (Å²) in [5.41, 5.74) is 4.20.